The maximum absolute atomic E-state index is 13.9. The second-order valence-electron chi connectivity index (χ2n) is 4.85. The molecule has 0 atom stereocenters. The number of hydrogen-bond acceptors (Lipinski definition) is 0. The van der Waals surface area contributed by atoms with Gasteiger partial charge in [-0.15, -0.1) is 0 Å². The van der Waals surface area contributed by atoms with E-state index in [-0.39, 0.29) is 5.82 Å². The molecular formula is C18H21F. The molecule has 0 fully saturated rings. The highest BCUT2D eigenvalue weighted by Gasteiger charge is 2.06. The van der Waals surface area contributed by atoms with Gasteiger partial charge in [-0.05, 0) is 53.1 Å². The second kappa shape index (κ2) is 6.01. The lowest BCUT2D eigenvalue weighted by molar-refractivity contribution is 0.613. The van der Waals surface area contributed by atoms with Gasteiger partial charge in [0, 0.05) is 0 Å². The van der Waals surface area contributed by atoms with E-state index in [0.717, 1.165) is 36.0 Å². The van der Waals surface area contributed by atoms with Gasteiger partial charge >= 0.3 is 0 Å². The number of halogens is 1. The Morgan fingerprint density at radius 1 is 0.684 bits per heavy atom. The first kappa shape index (κ1) is 13.8. The maximum Gasteiger partial charge on any atom is 0.127 e. The maximum atomic E-state index is 13.9. The average molecular weight is 256 g/mol. The van der Waals surface area contributed by atoms with Crippen LogP contribution in [0.5, 0.6) is 0 Å². The van der Waals surface area contributed by atoms with Crippen LogP contribution in [-0.4, -0.2) is 0 Å². The van der Waals surface area contributed by atoms with Crippen molar-refractivity contribution in [1.82, 2.24) is 0 Å². The van der Waals surface area contributed by atoms with Gasteiger partial charge in [-0.2, -0.15) is 0 Å². The highest BCUT2D eigenvalue weighted by Crippen LogP contribution is 2.25. The Morgan fingerprint density at radius 3 is 1.74 bits per heavy atom. The van der Waals surface area contributed by atoms with Crippen molar-refractivity contribution >= 4 is 0 Å². The van der Waals surface area contributed by atoms with E-state index in [1.165, 1.54) is 11.1 Å². The van der Waals surface area contributed by atoms with Gasteiger partial charge in [0.05, 0.1) is 0 Å². The summed E-state index contributed by atoms with van der Waals surface area (Å²) in [5, 5.41) is 0. The molecule has 0 saturated carbocycles. The normalized spacial score (nSPS) is 10.7. The van der Waals surface area contributed by atoms with Crippen LogP contribution in [0.3, 0.4) is 0 Å². The van der Waals surface area contributed by atoms with E-state index in [9.17, 15) is 4.39 Å². The number of hydrogen-bond donors (Lipinski definition) is 0. The zero-order chi connectivity index (χ0) is 13.8. The first-order chi connectivity index (χ1) is 9.19. The van der Waals surface area contributed by atoms with Gasteiger partial charge in [0.1, 0.15) is 5.82 Å². The number of benzene rings is 2. The molecule has 0 aliphatic carbocycles. The van der Waals surface area contributed by atoms with E-state index in [2.05, 4.69) is 32.0 Å². The van der Waals surface area contributed by atoms with Crippen LogP contribution >= 0.6 is 0 Å². The van der Waals surface area contributed by atoms with E-state index < -0.39 is 0 Å². The molecule has 0 bridgehead atoms. The Balaban J connectivity index is 2.44. The molecule has 0 N–H and O–H groups in total. The molecule has 2 aromatic rings. The molecule has 0 heterocycles. The van der Waals surface area contributed by atoms with Crippen molar-refractivity contribution in [2.24, 2.45) is 0 Å². The molecule has 0 amide bonds. The molecule has 1 heteroatoms. The van der Waals surface area contributed by atoms with Crippen LogP contribution in [0.25, 0.3) is 11.1 Å². The minimum absolute atomic E-state index is 0.0994. The van der Waals surface area contributed by atoms with Crippen LogP contribution in [0.2, 0.25) is 0 Å². The summed E-state index contributed by atoms with van der Waals surface area (Å²) in [6, 6.07) is 12.0. The monoisotopic (exact) mass is 256 g/mol. The van der Waals surface area contributed by atoms with E-state index in [1.54, 1.807) is 6.07 Å². The van der Waals surface area contributed by atoms with Crippen LogP contribution < -0.4 is 0 Å². The Hall–Kier alpha value is -1.63. The lowest BCUT2D eigenvalue weighted by Crippen LogP contribution is -1.93. The molecule has 19 heavy (non-hydrogen) atoms. The highest BCUT2D eigenvalue weighted by atomic mass is 19.1. The SMILES string of the molecule is CCc1ccc(-c2ccc(CC)c(CC)c2)cc1F. The molecule has 100 valence electrons. The topological polar surface area (TPSA) is 0 Å². The van der Waals surface area contributed by atoms with E-state index in [4.69, 9.17) is 0 Å². The zero-order valence-electron chi connectivity index (χ0n) is 12.0. The van der Waals surface area contributed by atoms with Gasteiger partial charge in [0.2, 0.25) is 0 Å². The fourth-order valence-electron chi connectivity index (χ4n) is 2.49. The smallest absolute Gasteiger partial charge is 0.127 e. The summed E-state index contributed by atoms with van der Waals surface area (Å²) in [6.45, 7) is 6.31. The largest absolute Gasteiger partial charge is 0.207 e. The Bertz CT molecular complexity index is 570. The van der Waals surface area contributed by atoms with Crippen molar-refractivity contribution in [3.8, 4) is 11.1 Å². The summed E-state index contributed by atoms with van der Waals surface area (Å²) in [6.07, 6.45) is 2.81. The van der Waals surface area contributed by atoms with Crippen molar-refractivity contribution in [2.45, 2.75) is 40.0 Å². The fraction of sp³-hybridized carbons (Fsp3) is 0.333. The third kappa shape index (κ3) is 2.86. The van der Waals surface area contributed by atoms with Gasteiger partial charge in [-0.3, -0.25) is 0 Å². The lowest BCUT2D eigenvalue weighted by Gasteiger charge is -2.10. The number of aryl methyl sites for hydroxylation is 3. The minimum Gasteiger partial charge on any atom is -0.207 e. The standard InChI is InChI=1S/C18H21F/c1-4-13-7-9-16(11-15(13)6-3)17-10-8-14(5-2)18(19)12-17/h7-12H,4-6H2,1-3H3. The van der Waals surface area contributed by atoms with Crippen molar-refractivity contribution < 1.29 is 4.39 Å². The molecule has 0 aromatic heterocycles. The molecule has 0 unspecified atom stereocenters. The van der Waals surface area contributed by atoms with Crippen molar-refractivity contribution in [3.05, 3.63) is 58.9 Å². The van der Waals surface area contributed by atoms with E-state index in [1.807, 2.05) is 19.1 Å². The molecule has 0 saturated heterocycles. The predicted octanol–water partition coefficient (Wildman–Crippen LogP) is 5.18. The molecule has 0 radical (unpaired) electrons. The quantitative estimate of drug-likeness (QED) is 0.707. The van der Waals surface area contributed by atoms with E-state index in [0.29, 0.717) is 0 Å². The van der Waals surface area contributed by atoms with Crippen LogP contribution in [0.1, 0.15) is 37.5 Å². The van der Waals surface area contributed by atoms with Crippen molar-refractivity contribution in [2.75, 3.05) is 0 Å². The van der Waals surface area contributed by atoms with Gasteiger partial charge < -0.3 is 0 Å². The zero-order valence-corrected chi connectivity index (χ0v) is 12.0. The van der Waals surface area contributed by atoms with Crippen LogP contribution in [0.4, 0.5) is 4.39 Å². The van der Waals surface area contributed by atoms with Gasteiger partial charge in [-0.25, -0.2) is 4.39 Å². The minimum atomic E-state index is -0.0994. The Labute approximate surface area is 115 Å². The van der Waals surface area contributed by atoms with Gasteiger partial charge in [0.15, 0.2) is 0 Å². The summed E-state index contributed by atoms with van der Waals surface area (Å²) in [5.41, 5.74) is 5.60. The lowest BCUT2D eigenvalue weighted by atomic mass is 9.96. The highest BCUT2D eigenvalue weighted by molar-refractivity contribution is 5.65. The first-order valence-electron chi connectivity index (χ1n) is 7.10. The predicted molar refractivity (Wildman–Crippen MR) is 80.0 cm³/mol. The van der Waals surface area contributed by atoms with Crippen LogP contribution in [-0.2, 0) is 19.3 Å². The summed E-state index contributed by atoms with van der Waals surface area (Å²) in [4.78, 5) is 0. The van der Waals surface area contributed by atoms with Crippen LogP contribution in [0.15, 0.2) is 36.4 Å². The first-order valence-corrected chi connectivity index (χ1v) is 7.10. The van der Waals surface area contributed by atoms with Crippen molar-refractivity contribution in [3.63, 3.8) is 0 Å². The summed E-state index contributed by atoms with van der Waals surface area (Å²) in [7, 11) is 0. The fourth-order valence-corrected chi connectivity index (χ4v) is 2.49. The molecular weight excluding hydrogens is 235 g/mol. The van der Waals surface area contributed by atoms with Gasteiger partial charge in [0.25, 0.3) is 0 Å². The third-order valence-corrected chi connectivity index (χ3v) is 3.74. The van der Waals surface area contributed by atoms with Crippen molar-refractivity contribution in [1.29, 1.82) is 0 Å². The summed E-state index contributed by atoms with van der Waals surface area (Å²) in [5.74, 6) is -0.0994. The third-order valence-electron chi connectivity index (χ3n) is 3.74. The molecule has 0 aliphatic rings. The number of rotatable bonds is 4. The Morgan fingerprint density at radius 2 is 1.21 bits per heavy atom. The molecule has 0 spiro atoms. The summed E-state index contributed by atoms with van der Waals surface area (Å²) >= 11 is 0. The molecule has 2 aromatic carbocycles. The molecule has 0 nitrogen and oxygen atoms in total. The molecule has 2 rings (SSSR count). The van der Waals surface area contributed by atoms with E-state index >= 15 is 0 Å². The summed E-state index contributed by atoms with van der Waals surface area (Å²) < 4.78 is 13.9. The van der Waals surface area contributed by atoms with Gasteiger partial charge in [-0.1, -0.05) is 51.1 Å². The second-order valence-corrected chi connectivity index (χ2v) is 4.85. The van der Waals surface area contributed by atoms with Crippen LogP contribution in [0, 0.1) is 5.82 Å². The Kier molecular flexibility index (Phi) is 4.36. The average Bonchev–Trinajstić information content (AvgIpc) is 2.46. The molecule has 0 aliphatic heterocycles.